The number of benzene rings is 10. The third kappa shape index (κ3) is 17.3. The first-order chi connectivity index (χ1) is 79.5. The van der Waals surface area contributed by atoms with Gasteiger partial charge in [-0.05, 0) is 144 Å². The fraction of sp³-hybridized carbons (Fsp3) is 0.237. The number of aryl methyl sites for hydroxylation is 7. The summed E-state index contributed by atoms with van der Waals surface area (Å²) in [6.45, 7) is -11.2. The first-order valence-corrected chi connectivity index (χ1v) is 46.8. The van der Waals surface area contributed by atoms with E-state index in [1.54, 1.807) is 135 Å². The monoisotopic (exact) mass is 1910 g/mol. The molecule has 20 rings (SSSR count). The van der Waals surface area contributed by atoms with E-state index < -0.39 is 156 Å². The van der Waals surface area contributed by atoms with Gasteiger partial charge >= 0.3 is 158 Å². The zero-order valence-corrected chi connectivity index (χ0v) is 80.1. The second kappa shape index (κ2) is 37.8. The summed E-state index contributed by atoms with van der Waals surface area (Å²) in [4.78, 5) is 0. The number of hydrogen-bond donors (Lipinski definition) is 0. The Labute approximate surface area is 858 Å². The van der Waals surface area contributed by atoms with Gasteiger partial charge in [0.2, 0.25) is 22.8 Å². The van der Waals surface area contributed by atoms with Crippen LogP contribution in [-0.4, -0.2) is 14.5 Å². The standard InChI is InChI=1S/4C24H23N2S.C22H19N2Se/c1-14(2)18-10-16(4)26(5)21(12-18)23-15(3)6-8-20-19-9-7-17(13-25)11-22(19)27-24(20)23;1-14(2)18-10-16(4)26(5)21(12-18)23-15(3)6-8-19-20-11-17(13-25)7-9-22(20)27-24(19)23;1-14(2)18-11-16(4)26(5)20(12-18)22-15(3)9-10-19-23-17(13-25)7-6-8-21(23)27-24(19)22;1-14(2)18-11-16(4)26(5)21(12-18)22-15(3)9-10-20-19-8-6-7-17(13-25)23(19)27-24(20)22;1-13-10-15(3)24(4)19(11-13)20-14(2)8-9-18-17-7-5-6-16(12-23)21(17)25-22(18)20/h4*6-12,14H,1-5H3;5-11H,1-4H3/q5*+1/i2*1D3,2D3,10D,12D,14D;2*1D3,2D3,11D,12D,14D;1D3. The number of rotatable bonds is 9. The summed E-state index contributed by atoms with van der Waals surface area (Å²) in [5.41, 5.74) is 11.8. The molecule has 0 spiro atoms. The maximum absolute atomic E-state index is 9.66. The number of hydrogen-bond acceptors (Lipinski definition) is 9. The van der Waals surface area contributed by atoms with Crippen LogP contribution >= 0.6 is 45.3 Å². The molecule has 0 N–H and O–H groups in total. The average molecular weight is 1920 g/mol. The maximum atomic E-state index is 9.66. The maximum Gasteiger partial charge on any atom is 0.214 e. The molecule has 0 aliphatic rings. The van der Waals surface area contributed by atoms with Gasteiger partial charge in [-0.25, -0.2) is 0 Å². The molecule has 0 fully saturated rings. The Kier molecular flexibility index (Phi) is 15.9. The molecule has 10 heterocycles. The summed E-state index contributed by atoms with van der Waals surface area (Å²) in [5, 5.41) is 56.5. The van der Waals surface area contributed by atoms with Gasteiger partial charge in [-0.1, -0.05) is 128 Å². The van der Waals surface area contributed by atoms with Gasteiger partial charge in [0, 0.05) is 190 Å². The van der Waals surface area contributed by atoms with Gasteiger partial charge in [-0.15, -0.1) is 45.3 Å². The summed E-state index contributed by atoms with van der Waals surface area (Å²) in [7, 11) is 8.52. The summed E-state index contributed by atoms with van der Waals surface area (Å²) < 4.78 is 337. The van der Waals surface area contributed by atoms with Gasteiger partial charge in [-0.2, -0.15) is 39.3 Å². The van der Waals surface area contributed by atoms with Crippen molar-refractivity contribution < 1.29 is 76.3 Å². The molecule has 0 amide bonds. The topological polar surface area (TPSA) is 138 Å². The Hall–Kier alpha value is -13.2. The van der Waals surface area contributed by atoms with E-state index in [2.05, 4.69) is 60.0 Å². The molecule has 658 valence electrons. The first kappa shape index (κ1) is 56.0. The Morgan fingerprint density at radius 2 is 0.669 bits per heavy atom. The van der Waals surface area contributed by atoms with Crippen molar-refractivity contribution >= 4 is 160 Å². The SMILES string of the molecule is [2H]C([2H])([2H])c1cc(C)[n+](C)c(-c2c(C)ccc3c2[se]c2c(C#N)cccc23)c1.[2H]c1c(C([2H])(C([2H])([2H])[2H])C([2H])([2H])[2H])c([2H])c(-c2c(C)ccc3c2sc2c(C#N)cccc23)[n+](C)c1C.[2H]c1c(C([2H])(C([2H])([2H])[2H])C([2H])([2H])[2H])c([2H])c(-c2c(C)ccc3c2sc2cc(C#N)ccc23)[n+](C)c1C.[2H]c1c(C([2H])(C([2H])([2H])[2H])C([2H])([2H])[2H])c([2H])c(-c2c(C)ccc3c2sc2ccc(C#N)cc23)[n+](C)c1C.[2H]c1c(C([2H])(C([2H])([2H])[2H])C([2H])([2H])[2H])c([2H])c(-c2c(C)ccc3c2sc2cccc(C#N)c23)[n+](C)c1C. The van der Waals surface area contributed by atoms with Crippen molar-refractivity contribution in [3.05, 3.63) is 324 Å². The van der Waals surface area contributed by atoms with Crippen LogP contribution in [0.5, 0.6) is 0 Å². The molecule has 0 saturated carbocycles. The number of fused-ring (bicyclic) bond motifs is 15. The van der Waals surface area contributed by atoms with E-state index in [1.165, 1.54) is 49.6 Å². The van der Waals surface area contributed by atoms with Crippen molar-refractivity contribution in [3.8, 4) is 86.6 Å². The number of aromatic nitrogens is 5. The van der Waals surface area contributed by atoms with Gasteiger partial charge in [0.15, 0.2) is 22.8 Å². The van der Waals surface area contributed by atoms with E-state index in [4.69, 9.17) is 53.5 Å². The zero-order valence-electron chi connectivity index (χ0n) is 114. The molecular formula is C118H111N10S4Se+5. The van der Waals surface area contributed by atoms with Crippen LogP contribution in [0.15, 0.2) is 212 Å². The summed E-state index contributed by atoms with van der Waals surface area (Å²) >= 11 is 5.64. The Morgan fingerprint density at radius 1 is 0.301 bits per heavy atom. The van der Waals surface area contributed by atoms with E-state index in [0.29, 0.717) is 50.1 Å². The third-order valence-electron chi connectivity index (χ3n) is 24.2. The number of pyridine rings is 5. The predicted octanol–water partition coefficient (Wildman–Crippen LogP) is 29.0. The molecule has 10 nitrogen and oxygen atoms in total. The van der Waals surface area contributed by atoms with Crippen LogP contribution in [0.2, 0.25) is 0 Å². The van der Waals surface area contributed by atoms with Crippen LogP contribution in [0.25, 0.3) is 156 Å². The van der Waals surface area contributed by atoms with Crippen LogP contribution in [0, 0.1) is 133 Å². The van der Waals surface area contributed by atoms with Gasteiger partial charge in [0.25, 0.3) is 0 Å². The van der Waals surface area contributed by atoms with Crippen LogP contribution in [0.4, 0.5) is 0 Å². The van der Waals surface area contributed by atoms with Gasteiger partial charge in [-0.3, -0.25) is 0 Å². The molecule has 20 aromatic rings. The van der Waals surface area contributed by atoms with E-state index >= 15 is 0 Å². The normalized spacial score (nSPS) is 16.8. The van der Waals surface area contributed by atoms with Crippen molar-refractivity contribution in [2.75, 3.05) is 0 Å². The molecule has 0 saturated heterocycles. The predicted molar refractivity (Wildman–Crippen MR) is 561 cm³/mol. The van der Waals surface area contributed by atoms with E-state index in [0.717, 1.165) is 146 Å². The largest absolute Gasteiger partial charge is 0.214 e. The Balaban J connectivity index is 0.000000150. The van der Waals surface area contributed by atoms with Crippen molar-refractivity contribution in [1.29, 1.82) is 26.3 Å². The summed E-state index contributed by atoms with van der Waals surface area (Å²) in [6.07, 6.45) is 0. The fourth-order valence-electron chi connectivity index (χ4n) is 16.8. The van der Waals surface area contributed by atoms with Gasteiger partial charge in [0.05, 0.1) is 78.4 Å². The number of thiophene rings is 4. The molecule has 15 heteroatoms. The fourth-order valence-corrected chi connectivity index (χ4v) is 25.0. The second-order valence-electron chi connectivity index (χ2n) is 32.5. The Bertz CT molecular complexity index is 10000. The second-order valence-corrected chi connectivity index (χ2v) is 38.8. The van der Waals surface area contributed by atoms with E-state index in [-0.39, 0.29) is 60.1 Å². The van der Waals surface area contributed by atoms with Crippen molar-refractivity contribution in [2.24, 2.45) is 35.2 Å². The summed E-state index contributed by atoms with van der Waals surface area (Å²) in [5.74, 6) is -12.7. The minimum absolute atomic E-state index is 0.00473. The molecule has 0 bridgehead atoms. The minimum atomic E-state index is -3.33. The van der Waals surface area contributed by atoms with Crippen LogP contribution in [-0.2, 0) is 35.2 Å². The number of nitriles is 5. The van der Waals surface area contributed by atoms with E-state index in [1.807, 2.05) is 127 Å². The molecule has 0 aliphatic heterocycles. The molecule has 133 heavy (non-hydrogen) atoms. The van der Waals surface area contributed by atoms with Gasteiger partial charge in [0.1, 0.15) is 34.3 Å². The summed E-state index contributed by atoms with van der Waals surface area (Å²) in [6, 6.07) is 57.5. The van der Waals surface area contributed by atoms with Crippen molar-refractivity contribution in [2.45, 2.75) is 154 Å². The van der Waals surface area contributed by atoms with E-state index in [9.17, 15) is 26.3 Å². The molecular weight excluding hydrogens is 1760 g/mol. The third-order valence-corrected chi connectivity index (χ3v) is 31.8. The quantitative estimate of drug-likeness (QED) is 0.105. The zero-order chi connectivity index (χ0) is 128. The van der Waals surface area contributed by atoms with Gasteiger partial charge < -0.3 is 0 Å². The molecule has 10 aromatic heterocycles. The van der Waals surface area contributed by atoms with Crippen LogP contribution < -0.4 is 22.8 Å². The molecule has 0 atom stereocenters. The smallest absolute Gasteiger partial charge is 0.199 e. The van der Waals surface area contributed by atoms with Crippen LogP contribution in [0.3, 0.4) is 0 Å². The van der Waals surface area contributed by atoms with Crippen LogP contribution in [0.1, 0.15) is 244 Å². The van der Waals surface area contributed by atoms with Crippen molar-refractivity contribution in [3.63, 3.8) is 0 Å². The first-order valence-electron chi connectivity index (χ1n) is 61.3. The average Bonchev–Trinajstić information content (AvgIpc) is 0.984. The Morgan fingerprint density at radius 3 is 1.15 bits per heavy atom. The molecule has 0 aliphatic carbocycles. The molecule has 0 radical (unpaired) electrons. The molecule has 0 unspecified atom stereocenters. The molecule has 10 aromatic carbocycles. The number of nitrogens with zero attached hydrogens (tertiary/aromatic N) is 10. The minimum Gasteiger partial charge on any atom is -0.199 e. The van der Waals surface area contributed by atoms with Crippen molar-refractivity contribution in [1.82, 2.24) is 0 Å².